The molecular formula is C19H23N3O4. The zero-order chi connectivity index (χ0) is 18.3. The number of rotatable bonds is 1. The van der Waals surface area contributed by atoms with Gasteiger partial charge < -0.3 is 19.9 Å². The van der Waals surface area contributed by atoms with E-state index in [0.717, 1.165) is 0 Å². The van der Waals surface area contributed by atoms with Crippen LogP contribution in [0, 0.1) is 5.92 Å². The second-order valence-electron chi connectivity index (χ2n) is 7.46. The highest BCUT2D eigenvalue weighted by atomic mass is 16.5. The molecule has 1 aromatic carbocycles. The Morgan fingerprint density at radius 3 is 2.65 bits per heavy atom. The smallest absolute Gasteiger partial charge is 0.255 e. The van der Waals surface area contributed by atoms with Crippen molar-refractivity contribution in [3.8, 4) is 5.75 Å². The summed E-state index contributed by atoms with van der Waals surface area (Å²) in [6.07, 6.45) is 1.62. The number of carbonyl (C=O) groups excluding carboxylic acids is 3. The minimum atomic E-state index is -0.485. The number of hydrogen-bond donors (Lipinski definition) is 1. The van der Waals surface area contributed by atoms with Crippen LogP contribution >= 0.6 is 0 Å². The maximum atomic E-state index is 12.7. The molecule has 138 valence electrons. The number of fused-ring (bicyclic) bond motifs is 1. The maximum Gasteiger partial charge on any atom is 0.255 e. The van der Waals surface area contributed by atoms with Gasteiger partial charge in [0.05, 0.1) is 18.0 Å². The average Bonchev–Trinajstić information content (AvgIpc) is 2.92. The second-order valence-corrected chi connectivity index (χ2v) is 7.46. The number of para-hydroxylation sites is 1. The van der Waals surface area contributed by atoms with Gasteiger partial charge in [0.2, 0.25) is 11.8 Å². The Labute approximate surface area is 152 Å². The molecule has 2 fully saturated rings. The molecule has 0 bridgehead atoms. The summed E-state index contributed by atoms with van der Waals surface area (Å²) >= 11 is 0. The first-order valence-corrected chi connectivity index (χ1v) is 9.06. The number of ether oxygens (including phenoxy) is 1. The number of benzene rings is 1. The summed E-state index contributed by atoms with van der Waals surface area (Å²) in [5.41, 5.74) is 0.0665. The van der Waals surface area contributed by atoms with Crippen LogP contribution in [0.15, 0.2) is 24.3 Å². The quantitative estimate of drug-likeness (QED) is 0.800. The molecule has 3 heterocycles. The highest BCUT2D eigenvalue weighted by Gasteiger charge is 2.43. The Balaban J connectivity index is 1.44. The Bertz CT molecular complexity index is 755. The van der Waals surface area contributed by atoms with E-state index >= 15 is 0 Å². The lowest BCUT2D eigenvalue weighted by atomic mass is 9.90. The van der Waals surface area contributed by atoms with Crippen LogP contribution in [0.2, 0.25) is 0 Å². The first-order chi connectivity index (χ1) is 12.5. The summed E-state index contributed by atoms with van der Waals surface area (Å²) in [5, 5.41) is 2.95. The van der Waals surface area contributed by atoms with E-state index in [0.29, 0.717) is 56.8 Å². The summed E-state index contributed by atoms with van der Waals surface area (Å²) in [6, 6.07) is 7.26. The highest BCUT2D eigenvalue weighted by Crippen LogP contribution is 2.33. The lowest BCUT2D eigenvalue weighted by molar-refractivity contribution is -0.139. The Hall–Kier alpha value is -2.57. The Morgan fingerprint density at radius 1 is 1.23 bits per heavy atom. The molecule has 0 saturated carbocycles. The summed E-state index contributed by atoms with van der Waals surface area (Å²) < 4.78 is 6.26. The van der Waals surface area contributed by atoms with Crippen molar-refractivity contribution in [2.75, 3.05) is 33.2 Å². The minimum absolute atomic E-state index is 0.0308. The normalized spacial score (nSPS) is 24.7. The fraction of sp³-hybridized carbons (Fsp3) is 0.526. The molecule has 1 aromatic rings. The van der Waals surface area contributed by atoms with Crippen LogP contribution < -0.4 is 10.1 Å². The van der Waals surface area contributed by atoms with E-state index in [1.165, 1.54) is 0 Å². The van der Waals surface area contributed by atoms with Gasteiger partial charge in [0, 0.05) is 45.9 Å². The highest BCUT2D eigenvalue weighted by molar-refractivity contribution is 5.97. The first-order valence-electron chi connectivity index (χ1n) is 9.06. The first kappa shape index (κ1) is 16.9. The van der Waals surface area contributed by atoms with Crippen molar-refractivity contribution in [1.29, 1.82) is 0 Å². The topological polar surface area (TPSA) is 79.0 Å². The molecule has 4 rings (SSSR count). The van der Waals surface area contributed by atoms with Gasteiger partial charge in [0.15, 0.2) is 0 Å². The van der Waals surface area contributed by atoms with Gasteiger partial charge >= 0.3 is 0 Å². The largest absolute Gasteiger partial charge is 0.484 e. The second kappa shape index (κ2) is 6.30. The number of carbonyl (C=O) groups is 3. The summed E-state index contributed by atoms with van der Waals surface area (Å²) in [6.45, 7) is 2.09. The molecule has 26 heavy (non-hydrogen) atoms. The molecule has 0 aromatic heterocycles. The van der Waals surface area contributed by atoms with E-state index < -0.39 is 5.60 Å². The van der Waals surface area contributed by atoms with Crippen molar-refractivity contribution in [1.82, 2.24) is 15.1 Å². The molecule has 3 aliphatic heterocycles. The van der Waals surface area contributed by atoms with Crippen LogP contribution in [-0.4, -0.2) is 66.3 Å². The molecule has 0 radical (unpaired) electrons. The van der Waals surface area contributed by atoms with Crippen molar-refractivity contribution in [3.05, 3.63) is 29.8 Å². The SMILES string of the molecule is CN1CC(C(=O)N2CCC3(CC2)CNC(=O)c2ccccc2O3)CC1=O. The van der Waals surface area contributed by atoms with Gasteiger partial charge in [-0.2, -0.15) is 0 Å². The number of likely N-dealkylation sites (tertiary alicyclic amines) is 2. The van der Waals surface area contributed by atoms with E-state index in [4.69, 9.17) is 4.74 Å². The third-order valence-corrected chi connectivity index (χ3v) is 5.71. The number of amides is 3. The van der Waals surface area contributed by atoms with Crippen LogP contribution in [0.3, 0.4) is 0 Å². The molecule has 1 unspecified atom stereocenters. The van der Waals surface area contributed by atoms with E-state index in [2.05, 4.69) is 5.32 Å². The van der Waals surface area contributed by atoms with Gasteiger partial charge in [-0.05, 0) is 12.1 Å². The third kappa shape index (κ3) is 2.91. The number of piperidine rings is 1. The van der Waals surface area contributed by atoms with E-state index in [-0.39, 0.29) is 23.6 Å². The summed E-state index contributed by atoms with van der Waals surface area (Å²) in [7, 11) is 1.74. The molecule has 1 N–H and O–H groups in total. The standard InChI is InChI=1S/C19H23N3O4/c1-21-11-13(10-16(21)23)18(25)22-8-6-19(7-9-22)12-20-17(24)14-4-2-3-5-15(14)26-19/h2-5,13H,6-12H2,1H3,(H,20,24). The minimum Gasteiger partial charge on any atom is -0.484 e. The Kier molecular flexibility index (Phi) is 4.09. The molecule has 1 spiro atoms. The van der Waals surface area contributed by atoms with E-state index in [1.54, 1.807) is 18.0 Å². The van der Waals surface area contributed by atoms with Crippen molar-refractivity contribution >= 4 is 17.7 Å². The predicted molar refractivity (Wildman–Crippen MR) is 93.7 cm³/mol. The van der Waals surface area contributed by atoms with Gasteiger partial charge in [-0.25, -0.2) is 0 Å². The maximum absolute atomic E-state index is 12.7. The fourth-order valence-corrected chi connectivity index (χ4v) is 4.05. The lowest BCUT2D eigenvalue weighted by Crippen LogP contribution is -2.55. The number of hydrogen-bond acceptors (Lipinski definition) is 4. The van der Waals surface area contributed by atoms with Crippen LogP contribution in [0.1, 0.15) is 29.6 Å². The van der Waals surface area contributed by atoms with E-state index in [1.807, 2.05) is 23.1 Å². The molecule has 2 saturated heterocycles. The monoisotopic (exact) mass is 357 g/mol. The van der Waals surface area contributed by atoms with Crippen LogP contribution in [0.5, 0.6) is 5.75 Å². The summed E-state index contributed by atoms with van der Waals surface area (Å²) in [4.78, 5) is 40.1. The van der Waals surface area contributed by atoms with Gasteiger partial charge in [-0.15, -0.1) is 0 Å². The van der Waals surface area contributed by atoms with Crippen LogP contribution in [0.25, 0.3) is 0 Å². The molecule has 1 atom stereocenters. The zero-order valence-electron chi connectivity index (χ0n) is 14.9. The predicted octanol–water partition coefficient (Wildman–Crippen LogP) is 0.648. The molecule has 3 amide bonds. The van der Waals surface area contributed by atoms with Crippen molar-refractivity contribution < 1.29 is 19.1 Å². The number of nitrogens with one attached hydrogen (secondary N) is 1. The molecule has 7 heteroatoms. The van der Waals surface area contributed by atoms with Crippen LogP contribution in [-0.2, 0) is 9.59 Å². The average molecular weight is 357 g/mol. The van der Waals surface area contributed by atoms with Gasteiger partial charge in [0.25, 0.3) is 5.91 Å². The lowest BCUT2D eigenvalue weighted by Gasteiger charge is -2.41. The van der Waals surface area contributed by atoms with Crippen molar-refractivity contribution in [3.63, 3.8) is 0 Å². The van der Waals surface area contributed by atoms with Crippen molar-refractivity contribution in [2.45, 2.75) is 24.9 Å². The molecule has 0 aliphatic carbocycles. The molecular weight excluding hydrogens is 334 g/mol. The molecule has 7 nitrogen and oxygen atoms in total. The fourth-order valence-electron chi connectivity index (χ4n) is 4.05. The third-order valence-electron chi connectivity index (χ3n) is 5.71. The molecule has 3 aliphatic rings. The Morgan fingerprint density at radius 2 is 1.96 bits per heavy atom. The van der Waals surface area contributed by atoms with Gasteiger partial charge in [-0.1, -0.05) is 12.1 Å². The van der Waals surface area contributed by atoms with Gasteiger partial charge in [-0.3, -0.25) is 14.4 Å². The van der Waals surface area contributed by atoms with Gasteiger partial charge in [0.1, 0.15) is 11.4 Å². The summed E-state index contributed by atoms with van der Waals surface area (Å²) in [5.74, 6) is 0.324. The number of nitrogens with zero attached hydrogens (tertiary/aromatic N) is 2. The van der Waals surface area contributed by atoms with E-state index in [9.17, 15) is 14.4 Å². The van der Waals surface area contributed by atoms with Crippen LogP contribution in [0.4, 0.5) is 0 Å². The van der Waals surface area contributed by atoms with Crippen molar-refractivity contribution in [2.24, 2.45) is 5.92 Å². The zero-order valence-corrected chi connectivity index (χ0v) is 14.9.